The zero-order valence-electron chi connectivity index (χ0n) is 11.2. The minimum Gasteiger partial charge on any atom is -0.414 e. The maximum Gasteiger partial charge on any atom is 0.311 e. The van der Waals surface area contributed by atoms with Gasteiger partial charge in [-0.15, -0.1) is 0 Å². The highest BCUT2D eigenvalue weighted by Gasteiger charge is 2.39. The van der Waals surface area contributed by atoms with Crippen LogP contribution in [0.3, 0.4) is 0 Å². The van der Waals surface area contributed by atoms with E-state index in [0.717, 1.165) is 12.8 Å². The monoisotopic (exact) mass is 305 g/mol. The van der Waals surface area contributed by atoms with Gasteiger partial charge in [0.1, 0.15) is 6.20 Å². The van der Waals surface area contributed by atoms with Crippen molar-refractivity contribution in [3.8, 4) is 11.0 Å². The van der Waals surface area contributed by atoms with Crippen LogP contribution in [0.5, 0.6) is 11.0 Å². The van der Waals surface area contributed by atoms with E-state index in [4.69, 9.17) is 9.15 Å². The first-order valence-corrected chi connectivity index (χ1v) is 7.83. The van der Waals surface area contributed by atoms with Crippen molar-refractivity contribution in [1.82, 2.24) is 15.6 Å². The molecular weight excluding hydrogens is 290 g/mol. The number of amides is 1. The largest absolute Gasteiger partial charge is 0.414 e. The average molecular weight is 305 g/mol. The maximum absolute atomic E-state index is 12.3. The molecule has 0 aromatic carbocycles. The lowest BCUT2D eigenvalue weighted by Gasteiger charge is -2.20. The first kappa shape index (κ1) is 12.8. The molecule has 2 N–H and O–H groups in total. The van der Waals surface area contributed by atoms with Crippen molar-refractivity contribution in [2.75, 3.05) is 0 Å². The normalized spacial score (nSPS) is 27.0. The molecule has 2 bridgehead atoms. The summed E-state index contributed by atoms with van der Waals surface area (Å²) in [6.45, 7) is 0. The van der Waals surface area contributed by atoms with E-state index in [1.54, 1.807) is 12.1 Å². The molecule has 7 heteroatoms. The number of nitrogens with zero attached hydrogens (tertiary/aromatic N) is 1. The molecule has 1 amide bonds. The van der Waals surface area contributed by atoms with Crippen molar-refractivity contribution in [1.29, 1.82) is 0 Å². The van der Waals surface area contributed by atoms with Crippen LogP contribution in [0.15, 0.2) is 29.1 Å². The van der Waals surface area contributed by atoms with Crippen LogP contribution in [0.4, 0.5) is 0 Å². The number of rotatable bonds is 4. The Labute approximate surface area is 125 Å². The van der Waals surface area contributed by atoms with Crippen molar-refractivity contribution in [3.05, 3.63) is 29.6 Å². The number of hydrogen-bond acceptors (Lipinski definition) is 6. The first-order chi connectivity index (χ1) is 10.3. The van der Waals surface area contributed by atoms with Crippen LogP contribution in [0.1, 0.15) is 28.9 Å². The molecule has 110 valence electrons. The zero-order chi connectivity index (χ0) is 14.2. The minimum absolute atomic E-state index is 0.0354. The predicted molar refractivity (Wildman–Crippen MR) is 76.7 cm³/mol. The molecular formula is C14H15N3O3S. The van der Waals surface area contributed by atoms with Gasteiger partial charge in [-0.3, -0.25) is 4.79 Å². The molecule has 4 heterocycles. The molecule has 2 aliphatic rings. The van der Waals surface area contributed by atoms with Crippen LogP contribution >= 0.6 is 11.3 Å². The number of oxazole rings is 1. The second kappa shape index (κ2) is 5.16. The van der Waals surface area contributed by atoms with E-state index in [1.807, 2.05) is 0 Å². The Kier molecular flexibility index (Phi) is 3.16. The predicted octanol–water partition coefficient (Wildman–Crippen LogP) is 2.15. The van der Waals surface area contributed by atoms with E-state index in [2.05, 4.69) is 15.6 Å². The van der Waals surface area contributed by atoms with Gasteiger partial charge in [0.05, 0.1) is 4.88 Å². The molecule has 0 spiro atoms. The number of nitrogens with one attached hydrogen (secondary N) is 2. The highest BCUT2D eigenvalue weighted by Crippen LogP contribution is 2.31. The van der Waals surface area contributed by atoms with Crippen LogP contribution in [0, 0.1) is 0 Å². The number of aromatic nitrogens is 1. The van der Waals surface area contributed by atoms with E-state index in [9.17, 15) is 4.79 Å². The summed E-state index contributed by atoms with van der Waals surface area (Å²) in [5, 5.41) is 7.24. The van der Waals surface area contributed by atoms with Gasteiger partial charge >= 0.3 is 5.95 Å². The van der Waals surface area contributed by atoms with Crippen LogP contribution in [0.2, 0.25) is 0 Å². The van der Waals surface area contributed by atoms with Gasteiger partial charge < -0.3 is 19.8 Å². The first-order valence-electron chi connectivity index (χ1n) is 7.01. The topological polar surface area (TPSA) is 76.4 Å². The summed E-state index contributed by atoms with van der Waals surface area (Å²) in [4.78, 5) is 16.7. The lowest BCUT2D eigenvalue weighted by molar-refractivity contribution is 0.0935. The summed E-state index contributed by atoms with van der Waals surface area (Å²) in [5.41, 5.74) is 0. The third-order valence-corrected chi connectivity index (χ3v) is 4.99. The molecule has 0 aliphatic carbocycles. The van der Waals surface area contributed by atoms with Crippen LogP contribution in [0.25, 0.3) is 0 Å². The third-order valence-electron chi connectivity index (χ3n) is 4.03. The van der Waals surface area contributed by atoms with Crippen LogP contribution in [-0.4, -0.2) is 29.0 Å². The molecule has 2 aromatic rings. The van der Waals surface area contributed by atoms with Crippen molar-refractivity contribution < 1.29 is 13.9 Å². The Balaban J connectivity index is 1.39. The van der Waals surface area contributed by atoms with Gasteiger partial charge in [0.15, 0.2) is 11.5 Å². The van der Waals surface area contributed by atoms with E-state index >= 15 is 0 Å². The van der Waals surface area contributed by atoms with Gasteiger partial charge in [0, 0.05) is 18.1 Å². The number of hydrogen-bond donors (Lipinski definition) is 2. The van der Waals surface area contributed by atoms with E-state index in [-0.39, 0.29) is 11.9 Å². The summed E-state index contributed by atoms with van der Waals surface area (Å²) in [7, 11) is 0. The zero-order valence-corrected chi connectivity index (χ0v) is 12.1. The Bertz CT molecular complexity index is 640. The van der Waals surface area contributed by atoms with Crippen LogP contribution in [-0.2, 0) is 0 Å². The Morgan fingerprint density at radius 2 is 2.43 bits per heavy atom. The smallest absolute Gasteiger partial charge is 0.311 e. The highest BCUT2D eigenvalue weighted by molar-refractivity contribution is 7.15. The molecule has 2 aromatic heterocycles. The number of carbonyl (C=O) groups is 1. The molecule has 4 rings (SSSR count). The summed E-state index contributed by atoms with van der Waals surface area (Å²) in [6.07, 6.45) is 6.20. The van der Waals surface area contributed by atoms with E-state index < -0.39 is 0 Å². The number of fused-ring (bicyclic) bond motifs is 2. The van der Waals surface area contributed by atoms with E-state index in [1.165, 1.54) is 30.3 Å². The van der Waals surface area contributed by atoms with Gasteiger partial charge in [0.2, 0.25) is 0 Å². The standard InChI is InChI=1S/C14H15N3O3S/c18-14(17-10-5-8-1-2-9(10)16-8)11-3-4-13(21-11)20-12-6-15-7-19-12/h3-4,6-10,16H,1-2,5H2,(H,17,18). The molecule has 0 radical (unpaired) electrons. The van der Waals surface area contributed by atoms with Gasteiger partial charge in [-0.1, -0.05) is 11.3 Å². The summed E-state index contributed by atoms with van der Waals surface area (Å²) >= 11 is 1.30. The number of carbonyl (C=O) groups excluding carboxylic acids is 1. The fourth-order valence-corrected chi connectivity index (χ4v) is 3.84. The second-order valence-electron chi connectivity index (χ2n) is 5.40. The minimum atomic E-state index is -0.0354. The number of ether oxygens (including phenoxy) is 1. The molecule has 3 unspecified atom stereocenters. The Morgan fingerprint density at radius 3 is 3.14 bits per heavy atom. The van der Waals surface area contributed by atoms with Crippen LogP contribution < -0.4 is 15.4 Å². The molecule has 21 heavy (non-hydrogen) atoms. The second-order valence-corrected chi connectivity index (χ2v) is 6.45. The highest BCUT2D eigenvalue weighted by atomic mass is 32.1. The Hall–Kier alpha value is -1.86. The molecule has 2 fully saturated rings. The van der Waals surface area contributed by atoms with Gasteiger partial charge in [-0.2, -0.15) is 0 Å². The van der Waals surface area contributed by atoms with Crippen molar-refractivity contribution in [2.45, 2.75) is 37.4 Å². The fourth-order valence-electron chi connectivity index (χ4n) is 3.07. The average Bonchev–Trinajstić information content (AvgIpc) is 3.24. The van der Waals surface area contributed by atoms with Gasteiger partial charge in [-0.25, -0.2) is 4.98 Å². The van der Waals surface area contributed by atoms with Crippen molar-refractivity contribution in [3.63, 3.8) is 0 Å². The molecule has 3 atom stereocenters. The molecule has 2 saturated heterocycles. The lowest BCUT2D eigenvalue weighted by atomic mass is 9.95. The summed E-state index contributed by atoms with van der Waals surface area (Å²) in [6, 6.07) is 4.79. The number of thiophene rings is 1. The van der Waals surface area contributed by atoms with Gasteiger partial charge in [-0.05, 0) is 31.4 Å². The summed E-state index contributed by atoms with van der Waals surface area (Å²) in [5.74, 6) is 0.285. The molecule has 0 saturated carbocycles. The third kappa shape index (κ3) is 2.54. The summed E-state index contributed by atoms with van der Waals surface area (Å²) < 4.78 is 10.5. The van der Waals surface area contributed by atoms with Crippen molar-refractivity contribution >= 4 is 17.2 Å². The molecule has 2 aliphatic heterocycles. The van der Waals surface area contributed by atoms with Crippen molar-refractivity contribution in [2.24, 2.45) is 0 Å². The fraction of sp³-hybridized carbons (Fsp3) is 0.429. The lowest BCUT2D eigenvalue weighted by Crippen LogP contribution is -2.42. The maximum atomic E-state index is 12.3. The van der Waals surface area contributed by atoms with E-state index in [0.29, 0.717) is 28.0 Å². The Morgan fingerprint density at radius 1 is 1.48 bits per heavy atom. The quantitative estimate of drug-likeness (QED) is 0.905. The molecule has 6 nitrogen and oxygen atoms in total. The van der Waals surface area contributed by atoms with Gasteiger partial charge in [0.25, 0.3) is 5.91 Å². The SMILES string of the molecule is O=C(NC1CC2CCC1N2)c1ccc(Oc2cnco2)s1.